The second-order valence-corrected chi connectivity index (χ2v) is 7.85. The second kappa shape index (κ2) is 6.50. The average molecular weight is 372 g/mol. The lowest BCUT2D eigenvalue weighted by Gasteiger charge is -2.34. The molecular weight excluding hydrogens is 356 g/mol. The molecule has 1 fully saturated rings. The van der Waals surface area contributed by atoms with Crippen molar-refractivity contribution in [3.63, 3.8) is 0 Å². The highest BCUT2D eigenvalue weighted by molar-refractivity contribution is 7.89. The van der Waals surface area contributed by atoms with Crippen molar-refractivity contribution < 1.29 is 12.8 Å². The van der Waals surface area contributed by atoms with Gasteiger partial charge in [0.15, 0.2) is 0 Å². The maximum Gasteiger partial charge on any atom is 0.336 e. The Morgan fingerprint density at radius 3 is 2.54 bits per heavy atom. The standard InChI is InChI=1S/C17H16N4O4S/c22-17-4-1-13-11-14(2-3-15(13)25-17)26(23,24)21-9-7-20(8-10-21)16-12-18-5-6-19-16/h1-6,11-12H,7-10H2. The van der Waals surface area contributed by atoms with E-state index in [1.807, 2.05) is 4.90 Å². The van der Waals surface area contributed by atoms with Gasteiger partial charge in [0, 0.05) is 50.0 Å². The molecule has 0 aliphatic carbocycles. The lowest BCUT2D eigenvalue weighted by Crippen LogP contribution is -2.48. The monoisotopic (exact) mass is 372 g/mol. The molecule has 26 heavy (non-hydrogen) atoms. The number of hydrogen-bond donors (Lipinski definition) is 0. The minimum Gasteiger partial charge on any atom is -0.423 e. The summed E-state index contributed by atoms with van der Waals surface area (Å²) in [4.78, 5) is 21.7. The molecule has 1 saturated heterocycles. The van der Waals surface area contributed by atoms with Gasteiger partial charge in [0.2, 0.25) is 10.0 Å². The van der Waals surface area contributed by atoms with Crippen molar-refractivity contribution in [3.8, 4) is 0 Å². The largest absolute Gasteiger partial charge is 0.423 e. The Morgan fingerprint density at radius 2 is 1.81 bits per heavy atom. The summed E-state index contributed by atoms with van der Waals surface area (Å²) in [5.41, 5.74) is -0.0999. The first-order chi connectivity index (χ1) is 12.5. The van der Waals surface area contributed by atoms with Crippen LogP contribution in [0.15, 0.2) is 63.0 Å². The molecular formula is C17H16N4O4S. The van der Waals surface area contributed by atoms with Crippen LogP contribution in [0.2, 0.25) is 0 Å². The number of rotatable bonds is 3. The van der Waals surface area contributed by atoms with Gasteiger partial charge in [-0.15, -0.1) is 0 Å². The summed E-state index contributed by atoms with van der Waals surface area (Å²) in [6.07, 6.45) is 4.89. The Labute approximate surface area is 149 Å². The van der Waals surface area contributed by atoms with Crippen LogP contribution >= 0.6 is 0 Å². The number of fused-ring (bicyclic) bond motifs is 1. The number of sulfonamides is 1. The van der Waals surface area contributed by atoms with Crippen LogP contribution < -0.4 is 10.5 Å². The Balaban J connectivity index is 1.56. The molecule has 8 nitrogen and oxygen atoms in total. The molecule has 9 heteroatoms. The van der Waals surface area contributed by atoms with Crippen LogP contribution in [0.4, 0.5) is 5.82 Å². The maximum atomic E-state index is 12.9. The first-order valence-corrected chi connectivity index (χ1v) is 9.53. The third-order valence-electron chi connectivity index (χ3n) is 4.34. The maximum absolute atomic E-state index is 12.9. The average Bonchev–Trinajstić information content (AvgIpc) is 2.68. The van der Waals surface area contributed by atoms with E-state index < -0.39 is 15.6 Å². The van der Waals surface area contributed by atoms with E-state index in [1.165, 1.54) is 28.6 Å². The van der Waals surface area contributed by atoms with E-state index >= 15 is 0 Å². The van der Waals surface area contributed by atoms with E-state index in [-0.39, 0.29) is 4.90 Å². The summed E-state index contributed by atoms with van der Waals surface area (Å²) in [6.45, 7) is 1.81. The van der Waals surface area contributed by atoms with Gasteiger partial charge in [0.25, 0.3) is 0 Å². The van der Waals surface area contributed by atoms with Crippen molar-refractivity contribution in [1.29, 1.82) is 0 Å². The zero-order valence-corrected chi connectivity index (χ0v) is 14.6. The molecule has 0 unspecified atom stereocenters. The lowest BCUT2D eigenvalue weighted by atomic mass is 10.2. The fraction of sp³-hybridized carbons (Fsp3) is 0.235. The molecule has 0 atom stereocenters. The van der Waals surface area contributed by atoms with Gasteiger partial charge in [-0.1, -0.05) is 0 Å². The SMILES string of the molecule is O=c1ccc2cc(S(=O)(=O)N3CCN(c4cnccn4)CC3)ccc2o1. The molecule has 0 spiro atoms. The van der Waals surface area contributed by atoms with Crippen LogP contribution in [0.25, 0.3) is 11.0 Å². The summed E-state index contributed by atoms with van der Waals surface area (Å²) < 4.78 is 32.4. The molecule has 0 radical (unpaired) electrons. The Bertz CT molecular complexity index is 1090. The lowest BCUT2D eigenvalue weighted by molar-refractivity contribution is 0.383. The summed E-state index contributed by atoms with van der Waals surface area (Å²) in [5.74, 6) is 0.741. The first-order valence-electron chi connectivity index (χ1n) is 8.09. The molecule has 0 N–H and O–H groups in total. The molecule has 0 amide bonds. The highest BCUT2D eigenvalue weighted by Crippen LogP contribution is 2.23. The summed E-state index contributed by atoms with van der Waals surface area (Å²) in [5, 5.41) is 0.573. The molecule has 3 heterocycles. The van der Waals surface area contributed by atoms with Crippen molar-refractivity contribution in [2.75, 3.05) is 31.1 Å². The minimum absolute atomic E-state index is 0.187. The molecule has 2 aromatic heterocycles. The molecule has 4 rings (SSSR count). The molecule has 3 aromatic rings. The predicted molar refractivity (Wildman–Crippen MR) is 95.5 cm³/mol. The quantitative estimate of drug-likeness (QED) is 0.635. The van der Waals surface area contributed by atoms with Crippen LogP contribution in [-0.4, -0.2) is 48.9 Å². The number of aromatic nitrogens is 2. The van der Waals surface area contributed by atoms with Crippen molar-refractivity contribution >= 4 is 26.8 Å². The number of hydrogen-bond acceptors (Lipinski definition) is 7. The van der Waals surface area contributed by atoms with E-state index in [4.69, 9.17) is 4.42 Å². The van der Waals surface area contributed by atoms with Gasteiger partial charge < -0.3 is 9.32 Å². The highest BCUT2D eigenvalue weighted by atomic mass is 32.2. The summed E-state index contributed by atoms with van der Waals surface area (Å²) in [6, 6.07) is 7.35. The molecule has 1 aromatic carbocycles. The number of piperazine rings is 1. The van der Waals surface area contributed by atoms with Gasteiger partial charge in [-0.2, -0.15) is 4.31 Å². The fourth-order valence-electron chi connectivity index (χ4n) is 2.97. The molecule has 1 aliphatic heterocycles. The van der Waals surface area contributed by atoms with Crippen LogP contribution in [-0.2, 0) is 10.0 Å². The highest BCUT2D eigenvalue weighted by Gasteiger charge is 2.29. The van der Waals surface area contributed by atoms with Crippen LogP contribution in [0.3, 0.4) is 0 Å². The van der Waals surface area contributed by atoms with E-state index in [0.717, 1.165) is 5.82 Å². The third-order valence-corrected chi connectivity index (χ3v) is 6.24. The van der Waals surface area contributed by atoms with E-state index in [9.17, 15) is 13.2 Å². The Kier molecular flexibility index (Phi) is 4.17. The zero-order chi connectivity index (χ0) is 18.1. The van der Waals surface area contributed by atoms with Crippen molar-refractivity contribution in [1.82, 2.24) is 14.3 Å². The topological polar surface area (TPSA) is 96.6 Å². The van der Waals surface area contributed by atoms with Gasteiger partial charge >= 0.3 is 5.63 Å². The van der Waals surface area contributed by atoms with Gasteiger partial charge in [-0.05, 0) is 24.3 Å². The van der Waals surface area contributed by atoms with Crippen molar-refractivity contribution in [2.45, 2.75) is 4.90 Å². The number of benzene rings is 1. The van der Waals surface area contributed by atoms with Gasteiger partial charge in [0.05, 0.1) is 11.1 Å². The van der Waals surface area contributed by atoms with Crippen LogP contribution in [0, 0.1) is 0 Å². The minimum atomic E-state index is -3.62. The number of anilines is 1. The van der Waals surface area contributed by atoms with Crippen LogP contribution in [0.1, 0.15) is 0 Å². The van der Waals surface area contributed by atoms with E-state index in [0.29, 0.717) is 37.1 Å². The Morgan fingerprint density at radius 1 is 1.00 bits per heavy atom. The molecule has 0 saturated carbocycles. The summed E-state index contributed by atoms with van der Waals surface area (Å²) in [7, 11) is -3.62. The normalized spacial score (nSPS) is 16.1. The van der Waals surface area contributed by atoms with E-state index in [2.05, 4.69) is 9.97 Å². The number of nitrogens with zero attached hydrogens (tertiary/aromatic N) is 4. The molecule has 0 bridgehead atoms. The van der Waals surface area contributed by atoms with Gasteiger partial charge in [0.1, 0.15) is 11.4 Å². The van der Waals surface area contributed by atoms with Gasteiger partial charge in [-0.25, -0.2) is 18.2 Å². The zero-order valence-electron chi connectivity index (χ0n) is 13.8. The second-order valence-electron chi connectivity index (χ2n) is 5.91. The summed E-state index contributed by atoms with van der Waals surface area (Å²) >= 11 is 0. The fourth-order valence-corrected chi connectivity index (χ4v) is 4.43. The van der Waals surface area contributed by atoms with Crippen molar-refractivity contribution in [3.05, 3.63) is 59.3 Å². The molecule has 1 aliphatic rings. The van der Waals surface area contributed by atoms with Crippen molar-refractivity contribution in [2.24, 2.45) is 0 Å². The predicted octanol–water partition coefficient (Wildman–Crippen LogP) is 1.09. The van der Waals surface area contributed by atoms with Crippen LogP contribution in [0.5, 0.6) is 0 Å². The Hall–Kier alpha value is -2.78. The molecule has 134 valence electrons. The smallest absolute Gasteiger partial charge is 0.336 e. The first kappa shape index (κ1) is 16.7. The third kappa shape index (κ3) is 3.06. The van der Waals surface area contributed by atoms with E-state index in [1.54, 1.807) is 24.7 Å². The van der Waals surface area contributed by atoms with Gasteiger partial charge in [-0.3, -0.25) is 4.98 Å².